The van der Waals surface area contributed by atoms with Crippen LogP contribution in [0, 0.1) is 5.41 Å². The number of rotatable bonds is 13. The zero-order chi connectivity index (χ0) is 39.0. The van der Waals surface area contributed by atoms with Crippen molar-refractivity contribution in [3.8, 4) is 0 Å². The van der Waals surface area contributed by atoms with Gasteiger partial charge in [-0.2, -0.15) is 0 Å². The molecule has 0 saturated carbocycles. The van der Waals surface area contributed by atoms with Gasteiger partial charge < -0.3 is 30.9 Å². The number of aromatic nitrogens is 1. The van der Waals surface area contributed by atoms with Crippen LogP contribution in [0.1, 0.15) is 90.8 Å². The van der Waals surface area contributed by atoms with Gasteiger partial charge in [0.2, 0.25) is 23.5 Å². The first-order chi connectivity index (χ1) is 24.9. The molecule has 3 heterocycles. The number of amides is 5. The molecule has 16 heteroatoms. The number of ketones is 1. The van der Waals surface area contributed by atoms with E-state index in [0.29, 0.717) is 17.8 Å². The molecule has 3 unspecified atom stereocenters. The number of benzene rings is 1. The fraction of sp³-hybridized carbons (Fsp3) is 0.595. The Labute approximate surface area is 324 Å². The highest BCUT2D eigenvalue weighted by atomic mass is 32.2. The Bertz CT molecular complexity index is 1600. The van der Waals surface area contributed by atoms with Gasteiger partial charge in [-0.3, -0.25) is 24.0 Å². The second-order valence-electron chi connectivity index (χ2n) is 15.3. The molecular formula is C37H52N6O7S3. The van der Waals surface area contributed by atoms with Crippen LogP contribution < -0.4 is 21.3 Å². The molecule has 0 bridgehead atoms. The zero-order valence-corrected chi connectivity index (χ0v) is 33.9. The molecule has 4 rings (SSSR count). The molecule has 4 atom stereocenters. The third-order valence-electron chi connectivity index (χ3n) is 8.65. The molecule has 2 aliphatic heterocycles. The number of alkyl carbamates (subject to hydrolysis) is 1. The van der Waals surface area contributed by atoms with E-state index in [4.69, 9.17) is 4.74 Å². The summed E-state index contributed by atoms with van der Waals surface area (Å²) in [5, 5.41) is 13.3. The van der Waals surface area contributed by atoms with E-state index >= 15 is 0 Å². The van der Waals surface area contributed by atoms with Crippen LogP contribution in [-0.4, -0.2) is 97.8 Å². The molecule has 13 nitrogen and oxygen atoms in total. The largest absolute Gasteiger partial charge is 0.444 e. The van der Waals surface area contributed by atoms with Crippen LogP contribution in [0.5, 0.6) is 0 Å². The van der Waals surface area contributed by atoms with Gasteiger partial charge in [0.15, 0.2) is 0 Å². The van der Waals surface area contributed by atoms with Gasteiger partial charge in [-0.1, -0.05) is 64.4 Å². The third kappa shape index (κ3) is 11.7. The second-order valence-corrected chi connectivity index (χ2v) is 19.4. The molecule has 1 spiro atoms. The maximum Gasteiger partial charge on any atom is 0.408 e. The van der Waals surface area contributed by atoms with Gasteiger partial charge in [-0.05, 0) is 56.1 Å². The van der Waals surface area contributed by atoms with Crippen LogP contribution in [0.4, 0.5) is 4.79 Å². The van der Waals surface area contributed by atoms with Crippen molar-refractivity contribution in [2.24, 2.45) is 5.41 Å². The highest BCUT2D eigenvalue weighted by Gasteiger charge is 2.53. The van der Waals surface area contributed by atoms with Crippen molar-refractivity contribution < 1.29 is 33.5 Å². The van der Waals surface area contributed by atoms with Gasteiger partial charge in [0.1, 0.15) is 28.7 Å². The van der Waals surface area contributed by atoms with E-state index < -0.39 is 81.3 Å². The molecule has 0 radical (unpaired) electrons. The highest BCUT2D eigenvalue weighted by Crippen LogP contribution is 2.50. The maximum atomic E-state index is 14.4. The van der Waals surface area contributed by atoms with Crippen molar-refractivity contribution in [3.63, 3.8) is 0 Å². The van der Waals surface area contributed by atoms with Gasteiger partial charge in [0.05, 0.1) is 16.7 Å². The van der Waals surface area contributed by atoms with Gasteiger partial charge in [-0.25, -0.2) is 9.78 Å². The quantitative estimate of drug-likeness (QED) is 0.213. The molecule has 5 amide bonds. The number of thioether (sulfide) groups is 2. The maximum absolute atomic E-state index is 14.4. The number of ether oxygens (including phenoxy) is 1. The molecule has 290 valence electrons. The summed E-state index contributed by atoms with van der Waals surface area (Å²) in [6.45, 7) is 12.3. The van der Waals surface area contributed by atoms with Crippen molar-refractivity contribution in [1.82, 2.24) is 31.2 Å². The van der Waals surface area contributed by atoms with E-state index in [9.17, 15) is 28.8 Å². The van der Waals surface area contributed by atoms with Crippen molar-refractivity contribution in [1.29, 1.82) is 0 Å². The first-order valence-corrected chi connectivity index (χ1v) is 20.7. The standard InChI is InChI=1S/C37H52N6O7S3/c1-8-13-24(28(45)31(47)39-21-26(44)41-27(32-38-16-19-51-32)23-14-10-9-11-15-23)40-30(46)25-20-37(52-17-12-18-53-37)22-43(25)33(48)29(35(2,3)4)42-34(49)50-36(5,6)7/h9-11,14-16,19,24-25,27,29H,8,12-13,17-18,20-22H2,1-7H3,(H,39,47)(H,40,46)(H,41,44)(H,42,49)/t24?,25-,27?,29?/m0/s1. The molecular weight excluding hydrogens is 737 g/mol. The minimum absolute atomic E-state index is 0.171. The summed E-state index contributed by atoms with van der Waals surface area (Å²) in [4.78, 5) is 86.8. The molecule has 53 heavy (non-hydrogen) atoms. The molecule has 2 aliphatic rings. The Morgan fingerprint density at radius 3 is 2.25 bits per heavy atom. The Balaban J connectivity index is 1.47. The zero-order valence-electron chi connectivity index (χ0n) is 31.5. The number of nitrogens with zero attached hydrogens (tertiary/aromatic N) is 2. The van der Waals surface area contributed by atoms with E-state index in [1.54, 1.807) is 55.9 Å². The van der Waals surface area contributed by atoms with Crippen LogP contribution in [0.15, 0.2) is 41.9 Å². The Morgan fingerprint density at radius 2 is 1.66 bits per heavy atom. The average molecular weight is 789 g/mol. The van der Waals surface area contributed by atoms with Gasteiger partial charge in [0, 0.05) is 24.5 Å². The highest BCUT2D eigenvalue weighted by molar-refractivity contribution is 8.18. The summed E-state index contributed by atoms with van der Waals surface area (Å²) in [6, 6.07) is 5.60. The number of carbonyl (C=O) groups is 6. The van der Waals surface area contributed by atoms with E-state index in [0.717, 1.165) is 23.5 Å². The van der Waals surface area contributed by atoms with Crippen molar-refractivity contribution >= 4 is 70.4 Å². The van der Waals surface area contributed by atoms with Gasteiger partial charge in [0.25, 0.3) is 5.91 Å². The lowest BCUT2D eigenvalue weighted by molar-refractivity contribution is -0.144. The Hall–Kier alpha value is -3.63. The van der Waals surface area contributed by atoms with Crippen LogP contribution in [0.3, 0.4) is 0 Å². The minimum atomic E-state index is -1.18. The number of likely N-dealkylation sites (tertiary alicyclic amines) is 1. The molecule has 4 N–H and O–H groups in total. The number of hydrogen-bond acceptors (Lipinski definition) is 11. The van der Waals surface area contributed by atoms with E-state index in [2.05, 4.69) is 26.3 Å². The molecule has 1 aromatic carbocycles. The number of Topliss-reactive ketones (excluding diaryl/α,β-unsaturated/α-hetero) is 1. The summed E-state index contributed by atoms with van der Waals surface area (Å²) in [5.41, 5.74) is -0.706. The summed E-state index contributed by atoms with van der Waals surface area (Å²) in [5.74, 6) is -1.65. The van der Waals surface area contributed by atoms with Gasteiger partial charge >= 0.3 is 6.09 Å². The molecule has 0 aliphatic carbocycles. The van der Waals surface area contributed by atoms with Crippen LogP contribution in [0.25, 0.3) is 0 Å². The molecule has 1 aromatic heterocycles. The molecule has 2 aromatic rings. The average Bonchev–Trinajstić information content (AvgIpc) is 3.76. The third-order valence-corrected chi connectivity index (χ3v) is 12.8. The van der Waals surface area contributed by atoms with Crippen LogP contribution in [-0.2, 0) is 28.7 Å². The van der Waals surface area contributed by atoms with Crippen molar-refractivity contribution in [2.45, 2.75) is 108 Å². The smallest absolute Gasteiger partial charge is 0.408 e. The summed E-state index contributed by atoms with van der Waals surface area (Å²) in [7, 11) is 0. The first-order valence-electron chi connectivity index (χ1n) is 17.9. The summed E-state index contributed by atoms with van der Waals surface area (Å²) >= 11 is 4.80. The predicted molar refractivity (Wildman–Crippen MR) is 208 cm³/mol. The van der Waals surface area contributed by atoms with E-state index in [-0.39, 0.29) is 13.0 Å². The first kappa shape index (κ1) is 42.1. The lowest BCUT2D eigenvalue weighted by atomic mass is 9.85. The number of carbonyl (C=O) groups excluding carboxylic acids is 6. The predicted octanol–water partition coefficient (Wildman–Crippen LogP) is 4.43. The Kier molecular flexibility index (Phi) is 14.4. The topological polar surface area (TPSA) is 176 Å². The normalized spacial score (nSPS) is 18.7. The lowest BCUT2D eigenvalue weighted by Gasteiger charge is -2.36. The fourth-order valence-corrected chi connectivity index (χ4v) is 10.2. The van der Waals surface area contributed by atoms with Crippen molar-refractivity contribution in [2.75, 3.05) is 24.6 Å². The second kappa shape index (κ2) is 18.1. The summed E-state index contributed by atoms with van der Waals surface area (Å²) < 4.78 is 5.03. The van der Waals surface area contributed by atoms with Crippen LogP contribution in [0.2, 0.25) is 0 Å². The minimum Gasteiger partial charge on any atom is -0.444 e. The number of thiazole rings is 1. The van der Waals surface area contributed by atoms with Gasteiger partial charge in [-0.15, -0.1) is 34.9 Å². The number of nitrogens with one attached hydrogen (secondary N) is 4. The SMILES string of the molecule is CCCC(NC(=O)[C@@H]1CC2(CN1C(=O)C(NC(=O)OC(C)(C)C)C(C)(C)C)SCCCS2)C(=O)C(=O)NCC(=O)NC(c1ccccc1)c1nccs1. The summed E-state index contributed by atoms with van der Waals surface area (Å²) in [6.07, 6.45) is 2.89. The number of hydrogen-bond donors (Lipinski definition) is 4. The monoisotopic (exact) mass is 788 g/mol. The molecule has 2 fully saturated rings. The fourth-order valence-electron chi connectivity index (χ4n) is 6.12. The van der Waals surface area contributed by atoms with E-state index in [1.807, 2.05) is 58.0 Å². The molecule has 2 saturated heterocycles. The van der Waals surface area contributed by atoms with Crippen LogP contribution >= 0.6 is 34.9 Å². The lowest BCUT2D eigenvalue weighted by Crippen LogP contribution is -2.59. The Morgan fingerprint density at radius 1 is 0.981 bits per heavy atom. The van der Waals surface area contributed by atoms with Crippen molar-refractivity contribution in [3.05, 3.63) is 52.5 Å². The van der Waals surface area contributed by atoms with E-state index in [1.165, 1.54) is 16.2 Å².